The average molecular weight is 583 g/mol. The molecular weight excluding hydrogens is 540 g/mol. The number of nitrogens with zero attached hydrogens (tertiary/aromatic N) is 4. The summed E-state index contributed by atoms with van der Waals surface area (Å²) in [6, 6.07) is 5.59. The van der Waals surface area contributed by atoms with E-state index in [-0.39, 0.29) is 35.8 Å². The summed E-state index contributed by atoms with van der Waals surface area (Å²) in [5.41, 5.74) is 1.26. The largest absolute Gasteiger partial charge is 0.432 e. The maximum absolute atomic E-state index is 14.3. The second-order valence-electron chi connectivity index (χ2n) is 12.1. The number of anilines is 2. The van der Waals surface area contributed by atoms with Crippen molar-refractivity contribution in [3.63, 3.8) is 0 Å². The highest BCUT2D eigenvalue weighted by Crippen LogP contribution is 2.60. The predicted molar refractivity (Wildman–Crippen MR) is 158 cm³/mol. The number of aliphatic hydroxyl groups is 1. The van der Waals surface area contributed by atoms with Gasteiger partial charge in [0.2, 0.25) is 5.91 Å². The van der Waals surface area contributed by atoms with Gasteiger partial charge < -0.3 is 30.2 Å². The van der Waals surface area contributed by atoms with Crippen LogP contribution in [-0.2, 0) is 32.9 Å². The summed E-state index contributed by atoms with van der Waals surface area (Å²) in [5, 5.41) is 23.9. The van der Waals surface area contributed by atoms with E-state index in [0.717, 1.165) is 25.1 Å². The van der Waals surface area contributed by atoms with Crippen molar-refractivity contribution in [1.29, 1.82) is 0 Å². The third-order valence-electron chi connectivity index (χ3n) is 8.83. The fraction of sp³-hybridized carbons (Fsp3) is 0.586. The molecule has 0 radical (unpaired) electrons. The van der Waals surface area contributed by atoms with Crippen LogP contribution < -0.4 is 15.5 Å². The Morgan fingerprint density at radius 2 is 2.20 bits per heavy atom. The van der Waals surface area contributed by atoms with Gasteiger partial charge in [0.25, 0.3) is 5.91 Å². The van der Waals surface area contributed by atoms with Crippen molar-refractivity contribution in [2.45, 2.75) is 69.5 Å². The summed E-state index contributed by atoms with van der Waals surface area (Å²) < 4.78 is 8.57. The van der Waals surface area contributed by atoms with Crippen molar-refractivity contribution >= 4 is 31.5 Å². The lowest BCUT2D eigenvalue weighted by Gasteiger charge is -2.32. The zero-order valence-corrected chi connectivity index (χ0v) is 25.2. The third-order valence-corrected chi connectivity index (χ3v) is 11.3. The lowest BCUT2D eigenvalue weighted by atomic mass is 9.82. The van der Waals surface area contributed by atoms with Crippen LogP contribution in [0.1, 0.15) is 37.4 Å². The van der Waals surface area contributed by atoms with Crippen LogP contribution in [0.15, 0.2) is 37.1 Å². The summed E-state index contributed by atoms with van der Waals surface area (Å²) in [6.45, 7) is 12.1. The number of hydrogen-bond donors (Lipinski definition) is 4. The molecule has 2 aromatic rings. The van der Waals surface area contributed by atoms with Gasteiger partial charge in [0.05, 0.1) is 23.4 Å². The molecule has 4 N–H and O–H groups in total. The molecule has 2 saturated heterocycles. The van der Waals surface area contributed by atoms with Crippen molar-refractivity contribution < 1.29 is 24.2 Å². The van der Waals surface area contributed by atoms with Crippen LogP contribution in [0, 0.1) is 11.8 Å². The van der Waals surface area contributed by atoms with Gasteiger partial charge in [0, 0.05) is 61.6 Å². The van der Waals surface area contributed by atoms with Gasteiger partial charge in [-0.25, -0.2) is 0 Å². The smallest absolute Gasteiger partial charge is 0.264 e. The van der Waals surface area contributed by atoms with E-state index < -0.39 is 20.0 Å². The Labute approximate surface area is 242 Å². The van der Waals surface area contributed by atoms with E-state index >= 15 is 0 Å². The van der Waals surface area contributed by atoms with Gasteiger partial charge >= 0.3 is 0 Å². The highest BCUT2D eigenvalue weighted by Gasteiger charge is 2.66. The Hall–Kier alpha value is -2.90. The second kappa shape index (κ2) is 11.8. The summed E-state index contributed by atoms with van der Waals surface area (Å²) >= 11 is 0. The maximum Gasteiger partial charge on any atom is 0.264 e. The monoisotopic (exact) mass is 582 g/mol. The van der Waals surface area contributed by atoms with E-state index in [4.69, 9.17) is 4.74 Å². The van der Waals surface area contributed by atoms with Gasteiger partial charge in [-0.2, -0.15) is 0 Å². The fourth-order valence-electron chi connectivity index (χ4n) is 6.99. The maximum atomic E-state index is 14.3. The number of aryl methyl sites for hydroxylation is 1. The normalized spacial score (nSPS) is 27.8. The molecule has 11 nitrogen and oxygen atoms in total. The molecule has 2 amide bonds. The minimum atomic E-state index is -2.81. The number of ether oxygens (including phenoxy) is 1. The minimum Gasteiger partial charge on any atom is -0.432 e. The molecule has 5 rings (SSSR count). The van der Waals surface area contributed by atoms with Crippen LogP contribution in [0.3, 0.4) is 0 Å². The molecule has 2 fully saturated rings. The number of nitrogens with one attached hydrogen (secondary N) is 2. The van der Waals surface area contributed by atoms with Crippen LogP contribution in [-0.4, -0.2) is 77.4 Å². The number of aliphatic hydroxyl groups excluding tert-OH is 1. The van der Waals surface area contributed by atoms with Crippen molar-refractivity contribution in [2.24, 2.45) is 11.8 Å². The number of hydrogen-bond acceptors (Lipinski definition) is 8. The van der Waals surface area contributed by atoms with Crippen molar-refractivity contribution in [3.8, 4) is 0 Å². The summed E-state index contributed by atoms with van der Waals surface area (Å²) in [6.07, 6.45) is 5.87. The number of fused-ring (bicyclic) bond motifs is 2. The molecule has 0 bridgehead atoms. The molecule has 3 aliphatic rings. The van der Waals surface area contributed by atoms with Crippen molar-refractivity contribution in [1.82, 2.24) is 20.3 Å². The minimum absolute atomic E-state index is 0.000440. The van der Waals surface area contributed by atoms with Gasteiger partial charge in [-0.05, 0) is 57.1 Å². The Balaban J connectivity index is 1.48. The van der Waals surface area contributed by atoms with Crippen LogP contribution in [0.4, 0.5) is 11.4 Å². The first-order valence-electron chi connectivity index (χ1n) is 14.6. The van der Waals surface area contributed by atoms with Crippen molar-refractivity contribution in [2.75, 3.05) is 36.5 Å². The first kappa shape index (κ1) is 29.6. The van der Waals surface area contributed by atoms with E-state index in [0.29, 0.717) is 49.4 Å². The summed E-state index contributed by atoms with van der Waals surface area (Å²) in [5.74, 6) is -0.617. The highest BCUT2D eigenvalue weighted by molar-refractivity contribution is 6.71. The standard InChI is InChI=1S/C29H42N6O5Si/c1-5-13-35-24-9-8-21(31-27(37)20-7-6-12-30-17-20)16-23(24)29(28(35)38)19(2)26(41(3,4)39)25(40-29)10-14-34-18-22(11-15-36)32-33-34/h5,8-9,16,18-20,25-26,30,36,39H,1,6-7,10-15,17H2,2-4H3,(H,31,37)/t19-,20?,25+,26-,29+/m0/s1. The van der Waals surface area contributed by atoms with Gasteiger partial charge in [0.1, 0.15) is 0 Å². The Morgan fingerprint density at radius 3 is 2.88 bits per heavy atom. The van der Waals surface area contributed by atoms with E-state index in [9.17, 15) is 19.5 Å². The number of carbonyl (C=O) groups excluding carboxylic acids is 2. The predicted octanol–water partition coefficient (Wildman–Crippen LogP) is 2.17. The van der Waals surface area contributed by atoms with E-state index in [2.05, 4.69) is 27.5 Å². The van der Waals surface area contributed by atoms with Crippen LogP contribution >= 0.6 is 0 Å². The molecule has 1 aromatic heterocycles. The first-order chi connectivity index (χ1) is 19.6. The zero-order chi connectivity index (χ0) is 29.4. The molecule has 41 heavy (non-hydrogen) atoms. The van der Waals surface area contributed by atoms with Crippen LogP contribution in [0.5, 0.6) is 0 Å². The molecule has 5 atom stereocenters. The number of amides is 2. The van der Waals surface area contributed by atoms with E-state index in [1.54, 1.807) is 21.9 Å². The quantitative estimate of drug-likeness (QED) is 0.247. The summed E-state index contributed by atoms with van der Waals surface area (Å²) in [7, 11) is -2.81. The molecule has 0 aliphatic carbocycles. The number of carbonyl (C=O) groups is 2. The molecule has 0 saturated carbocycles. The van der Waals surface area contributed by atoms with E-state index in [1.807, 2.05) is 38.2 Å². The van der Waals surface area contributed by atoms with E-state index in [1.165, 1.54) is 0 Å². The molecule has 3 aliphatic heterocycles. The number of rotatable bonds is 10. The lowest BCUT2D eigenvalue weighted by Crippen LogP contribution is -2.46. The van der Waals surface area contributed by atoms with Gasteiger partial charge in [-0.15, -0.1) is 11.7 Å². The highest BCUT2D eigenvalue weighted by atomic mass is 28.4. The second-order valence-corrected chi connectivity index (χ2v) is 16.0. The number of benzene rings is 1. The zero-order valence-electron chi connectivity index (χ0n) is 24.2. The molecule has 222 valence electrons. The third kappa shape index (κ3) is 5.51. The topological polar surface area (TPSA) is 142 Å². The van der Waals surface area contributed by atoms with Crippen molar-refractivity contribution in [3.05, 3.63) is 48.3 Å². The molecule has 1 unspecified atom stereocenters. The molecule has 1 spiro atoms. The molecular formula is C29H42N6O5Si. The first-order valence-corrected chi connectivity index (χ1v) is 17.6. The number of piperidine rings is 1. The van der Waals surface area contributed by atoms with Gasteiger partial charge in [-0.1, -0.05) is 18.2 Å². The molecule has 12 heteroatoms. The van der Waals surface area contributed by atoms with Crippen LogP contribution in [0.25, 0.3) is 0 Å². The molecule has 1 aromatic carbocycles. The average Bonchev–Trinajstić information content (AvgIpc) is 3.58. The van der Waals surface area contributed by atoms with Gasteiger partial charge in [-0.3, -0.25) is 14.3 Å². The number of aromatic nitrogens is 3. The van der Waals surface area contributed by atoms with Gasteiger partial charge in [0.15, 0.2) is 13.9 Å². The van der Waals surface area contributed by atoms with Crippen LogP contribution in [0.2, 0.25) is 18.6 Å². The Kier molecular flexibility index (Phi) is 8.49. The fourth-order valence-corrected chi connectivity index (χ4v) is 9.59. The Morgan fingerprint density at radius 1 is 1.39 bits per heavy atom. The molecule has 4 heterocycles. The lowest BCUT2D eigenvalue weighted by molar-refractivity contribution is -0.145. The Bertz CT molecular complexity index is 1290. The summed E-state index contributed by atoms with van der Waals surface area (Å²) in [4.78, 5) is 40.5. The SMILES string of the molecule is C=CCN1C(=O)[C@]2(O[C@H](CCn3cc(CCO)nn3)[C@@H]([Si](C)(C)O)[C@@H]2C)c2cc(NC(=O)C3CCCNC3)ccc21.